The van der Waals surface area contributed by atoms with Crippen molar-refractivity contribution in [2.45, 2.75) is 38.3 Å². The lowest BCUT2D eigenvalue weighted by Gasteiger charge is -2.31. The Hall–Kier alpha value is -2.81. The van der Waals surface area contributed by atoms with Crippen molar-refractivity contribution >= 4 is 35.0 Å². The monoisotopic (exact) mass is 402 g/mol. The summed E-state index contributed by atoms with van der Waals surface area (Å²) in [5.74, 6) is 0.285. The van der Waals surface area contributed by atoms with Gasteiger partial charge < -0.3 is 15.0 Å². The second-order valence-corrected chi connectivity index (χ2v) is 7.46. The minimum atomic E-state index is -0.458. The first-order chi connectivity index (χ1) is 13.4. The quantitative estimate of drug-likeness (QED) is 0.796. The van der Waals surface area contributed by atoms with Crippen molar-refractivity contribution in [2.75, 3.05) is 22.6 Å². The van der Waals surface area contributed by atoms with Gasteiger partial charge in [-0.05, 0) is 32.9 Å². The normalized spacial score (nSPS) is 13.4. The first-order valence-electron chi connectivity index (χ1n) is 8.99. The summed E-state index contributed by atoms with van der Waals surface area (Å²) >= 11 is 1.29. The largest absolute Gasteiger partial charge is 0.492 e. The number of hydrogen-bond donors (Lipinski definition) is 1. The second-order valence-electron chi connectivity index (χ2n) is 6.44. The minimum Gasteiger partial charge on any atom is -0.492 e. The molecule has 0 aliphatic carbocycles. The van der Waals surface area contributed by atoms with Gasteiger partial charge in [-0.1, -0.05) is 12.1 Å². The Morgan fingerprint density at radius 2 is 2.07 bits per heavy atom. The van der Waals surface area contributed by atoms with Gasteiger partial charge in [-0.3, -0.25) is 14.4 Å². The number of thioether (sulfide) groups is 1. The maximum Gasteiger partial charge on any atom is 0.292 e. The van der Waals surface area contributed by atoms with E-state index in [1.807, 2.05) is 26.8 Å². The number of carbonyl (C=O) groups is 2. The van der Waals surface area contributed by atoms with Crippen molar-refractivity contribution in [1.29, 1.82) is 0 Å². The fraction of sp³-hybridized carbons (Fsp3) is 0.368. The molecule has 2 aromatic rings. The van der Waals surface area contributed by atoms with Crippen LogP contribution < -0.4 is 20.5 Å². The third kappa shape index (κ3) is 4.04. The van der Waals surface area contributed by atoms with Gasteiger partial charge in [0.1, 0.15) is 18.0 Å². The number of nitrogens with zero attached hydrogens (tertiary/aromatic N) is 3. The van der Waals surface area contributed by atoms with Crippen molar-refractivity contribution in [2.24, 2.45) is 0 Å². The van der Waals surface area contributed by atoms with Crippen LogP contribution in [0.15, 0.2) is 40.2 Å². The zero-order chi connectivity index (χ0) is 20.3. The number of amides is 2. The van der Waals surface area contributed by atoms with Gasteiger partial charge >= 0.3 is 0 Å². The minimum absolute atomic E-state index is 0.127. The number of anilines is 2. The molecular weight excluding hydrogens is 380 g/mol. The van der Waals surface area contributed by atoms with Crippen LogP contribution in [-0.2, 0) is 16.1 Å². The van der Waals surface area contributed by atoms with E-state index < -0.39 is 11.5 Å². The molecule has 1 N–H and O–H groups in total. The molecule has 1 aliphatic rings. The molecule has 0 saturated heterocycles. The maximum absolute atomic E-state index is 12.9. The lowest BCUT2D eigenvalue weighted by molar-refractivity contribution is -0.117. The molecule has 28 heavy (non-hydrogen) atoms. The van der Waals surface area contributed by atoms with E-state index in [0.717, 1.165) is 4.68 Å². The fourth-order valence-electron chi connectivity index (χ4n) is 2.96. The maximum atomic E-state index is 12.9. The average Bonchev–Trinajstić information content (AvgIpc) is 2.65. The van der Waals surface area contributed by atoms with Gasteiger partial charge in [0.2, 0.25) is 11.8 Å². The Kier molecular flexibility index (Phi) is 6.03. The second kappa shape index (κ2) is 8.47. The first kappa shape index (κ1) is 19.9. The van der Waals surface area contributed by atoms with E-state index in [-0.39, 0.29) is 29.9 Å². The number of rotatable bonds is 6. The topological polar surface area (TPSA) is 93.5 Å². The molecular formula is C19H22N4O4S. The molecule has 148 valence electrons. The number of aromatic nitrogens is 2. The van der Waals surface area contributed by atoms with E-state index in [2.05, 4.69) is 10.4 Å². The smallest absolute Gasteiger partial charge is 0.292 e. The summed E-state index contributed by atoms with van der Waals surface area (Å²) in [6.07, 6.45) is 1.53. The van der Waals surface area contributed by atoms with Gasteiger partial charge in [0.25, 0.3) is 5.56 Å². The van der Waals surface area contributed by atoms with Crippen LogP contribution in [0.4, 0.5) is 11.4 Å². The predicted octanol–water partition coefficient (Wildman–Crippen LogP) is 2.13. The molecule has 0 fully saturated rings. The molecule has 0 saturated carbocycles. The molecule has 3 rings (SSSR count). The van der Waals surface area contributed by atoms with E-state index >= 15 is 0 Å². The van der Waals surface area contributed by atoms with Crippen molar-refractivity contribution < 1.29 is 14.3 Å². The van der Waals surface area contributed by atoms with Crippen LogP contribution in [0.2, 0.25) is 0 Å². The molecule has 2 amide bonds. The number of hydrogen-bond acceptors (Lipinski definition) is 6. The van der Waals surface area contributed by atoms with Gasteiger partial charge in [-0.25, -0.2) is 4.68 Å². The highest BCUT2D eigenvalue weighted by atomic mass is 32.2. The average molecular weight is 402 g/mol. The van der Waals surface area contributed by atoms with Gasteiger partial charge in [0, 0.05) is 6.04 Å². The molecule has 0 spiro atoms. The number of fused-ring (bicyclic) bond motifs is 1. The third-order valence-corrected chi connectivity index (χ3v) is 5.12. The highest BCUT2D eigenvalue weighted by molar-refractivity contribution is 8.00. The molecule has 9 heteroatoms. The van der Waals surface area contributed by atoms with Crippen LogP contribution in [0.1, 0.15) is 20.8 Å². The summed E-state index contributed by atoms with van der Waals surface area (Å²) in [6, 6.07) is 6.91. The van der Waals surface area contributed by atoms with Crippen molar-refractivity contribution in [1.82, 2.24) is 9.78 Å². The molecule has 8 nitrogen and oxygen atoms in total. The Balaban J connectivity index is 1.85. The molecule has 1 aromatic carbocycles. The molecule has 1 aromatic heterocycles. The Bertz CT molecular complexity index is 957. The molecule has 0 unspecified atom stereocenters. The van der Waals surface area contributed by atoms with Crippen LogP contribution in [-0.4, -0.2) is 40.0 Å². The number of nitrogens with one attached hydrogen (secondary N) is 1. The van der Waals surface area contributed by atoms with Crippen molar-refractivity contribution in [3.8, 4) is 5.75 Å². The van der Waals surface area contributed by atoms with E-state index in [1.54, 1.807) is 18.2 Å². The van der Waals surface area contributed by atoms with E-state index in [0.29, 0.717) is 22.9 Å². The molecule has 1 aliphatic heterocycles. The highest BCUT2D eigenvalue weighted by Crippen LogP contribution is 2.32. The summed E-state index contributed by atoms with van der Waals surface area (Å²) in [5, 5.41) is 6.85. The van der Waals surface area contributed by atoms with Crippen molar-refractivity contribution in [3.63, 3.8) is 0 Å². The predicted molar refractivity (Wildman–Crippen MR) is 108 cm³/mol. The van der Waals surface area contributed by atoms with Gasteiger partial charge in [-0.15, -0.1) is 11.8 Å². The summed E-state index contributed by atoms with van der Waals surface area (Å²) in [6.45, 7) is 5.75. The van der Waals surface area contributed by atoms with Gasteiger partial charge in [0.05, 0.1) is 29.1 Å². The molecule has 0 radical (unpaired) electrons. The summed E-state index contributed by atoms with van der Waals surface area (Å²) in [5.41, 5.74) is 0.351. The van der Waals surface area contributed by atoms with Gasteiger partial charge in [0.15, 0.2) is 0 Å². The summed E-state index contributed by atoms with van der Waals surface area (Å²) in [4.78, 5) is 39.8. The highest BCUT2D eigenvalue weighted by Gasteiger charge is 2.31. The molecule has 0 bridgehead atoms. The third-order valence-electron chi connectivity index (χ3n) is 4.12. The first-order valence-corrected chi connectivity index (χ1v) is 9.97. The number of para-hydroxylation sites is 2. The molecule has 0 atom stereocenters. The van der Waals surface area contributed by atoms with Crippen LogP contribution in [0.3, 0.4) is 0 Å². The van der Waals surface area contributed by atoms with E-state index in [9.17, 15) is 14.4 Å². The zero-order valence-electron chi connectivity index (χ0n) is 16.0. The number of carbonyl (C=O) groups excluding carboxylic acids is 2. The summed E-state index contributed by atoms with van der Waals surface area (Å²) < 4.78 is 6.57. The van der Waals surface area contributed by atoms with Crippen LogP contribution >= 0.6 is 11.8 Å². The Morgan fingerprint density at radius 1 is 1.32 bits per heavy atom. The van der Waals surface area contributed by atoms with E-state index in [1.165, 1.54) is 22.9 Å². The summed E-state index contributed by atoms with van der Waals surface area (Å²) in [7, 11) is 0. The fourth-order valence-corrected chi connectivity index (χ4v) is 3.82. The number of benzene rings is 1. The van der Waals surface area contributed by atoms with Crippen LogP contribution in [0.5, 0.6) is 5.75 Å². The Morgan fingerprint density at radius 3 is 2.79 bits per heavy atom. The van der Waals surface area contributed by atoms with Crippen molar-refractivity contribution in [3.05, 3.63) is 40.8 Å². The lowest BCUT2D eigenvalue weighted by Crippen LogP contribution is -2.45. The van der Waals surface area contributed by atoms with E-state index in [4.69, 9.17) is 4.74 Å². The van der Waals surface area contributed by atoms with Crippen LogP contribution in [0, 0.1) is 0 Å². The zero-order valence-corrected chi connectivity index (χ0v) is 16.8. The molecule has 2 heterocycles. The SMILES string of the molecule is CCOc1ccccc1NC(=O)Cn1ncc2c(c1=O)N(C(C)C)C(=O)CS2. The Labute approximate surface area is 166 Å². The van der Waals surface area contributed by atoms with Crippen LogP contribution in [0.25, 0.3) is 0 Å². The standard InChI is InChI=1S/C19H22N4O4S/c1-4-27-14-8-6-5-7-13(14)21-16(24)10-22-19(26)18-15(9-20-22)28-11-17(25)23(18)12(2)3/h5-9,12H,4,10-11H2,1-3H3,(H,21,24). The number of ether oxygens (including phenoxy) is 1. The van der Waals surface area contributed by atoms with Gasteiger partial charge in [-0.2, -0.15) is 5.10 Å². The lowest BCUT2D eigenvalue weighted by atomic mass is 10.2.